The van der Waals surface area contributed by atoms with Crippen molar-refractivity contribution in [3.63, 3.8) is 0 Å². The molecule has 7 heteroatoms. The molecule has 0 aliphatic rings. The number of imidazole rings is 1. The van der Waals surface area contributed by atoms with Crippen molar-refractivity contribution in [3.05, 3.63) is 30.4 Å². The molecule has 0 saturated carbocycles. The van der Waals surface area contributed by atoms with E-state index in [-0.39, 0.29) is 6.42 Å². The minimum absolute atomic E-state index is 0.0928. The first-order chi connectivity index (χ1) is 8.72. The van der Waals surface area contributed by atoms with Gasteiger partial charge in [-0.25, -0.2) is 9.50 Å². The molecule has 0 radical (unpaired) electrons. The molecule has 3 heterocycles. The molecule has 3 aromatic heterocycles. The second-order valence-electron chi connectivity index (χ2n) is 3.86. The summed E-state index contributed by atoms with van der Waals surface area (Å²) in [5.74, 6) is -0.813. The van der Waals surface area contributed by atoms with Crippen molar-refractivity contribution >= 4 is 22.3 Å². The maximum absolute atomic E-state index is 10.5. The van der Waals surface area contributed by atoms with Crippen LogP contribution < -0.4 is 0 Å². The molecule has 0 spiro atoms. The molecule has 0 bridgehead atoms. The van der Waals surface area contributed by atoms with Crippen molar-refractivity contribution < 1.29 is 9.90 Å². The van der Waals surface area contributed by atoms with E-state index in [1.54, 1.807) is 10.7 Å². The van der Waals surface area contributed by atoms with Crippen molar-refractivity contribution in [1.29, 1.82) is 0 Å². The van der Waals surface area contributed by atoms with Crippen LogP contribution in [0.2, 0.25) is 0 Å². The molecule has 0 aromatic carbocycles. The summed E-state index contributed by atoms with van der Waals surface area (Å²) in [6.45, 7) is 0. The summed E-state index contributed by atoms with van der Waals surface area (Å²) >= 11 is 1.48. The third-order valence-electron chi connectivity index (χ3n) is 2.53. The van der Waals surface area contributed by atoms with Crippen LogP contribution in [0.15, 0.2) is 24.7 Å². The smallest absolute Gasteiger partial charge is 0.303 e. The number of aromatic nitrogens is 4. The van der Waals surface area contributed by atoms with Crippen LogP contribution in [-0.2, 0) is 11.2 Å². The van der Waals surface area contributed by atoms with Gasteiger partial charge in [0.05, 0.1) is 18.3 Å². The minimum Gasteiger partial charge on any atom is -0.481 e. The van der Waals surface area contributed by atoms with Gasteiger partial charge in [-0.05, 0) is 6.07 Å². The molecule has 0 unspecified atom stereocenters. The molecule has 0 amide bonds. The predicted octanol–water partition coefficient (Wildman–Crippen LogP) is 1.80. The summed E-state index contributed by atoms with van der Waals surface area (Å²) in [6, 6.07) is 1.95. The maximum Gasteiger partial charge on any atom is 0.303 e. The van der Waals surface area contributed by atoms with Crippen molar-refractivity contribution in [3.8, 4) is 10.6 Å². The first kappa shape index (κ1) is 11.0. The highest BCUT2D eigenvalue weighted by Gasteiger charge is 2.10. The topological polar surface area (TPSA) is 83.3 Å². The van der Waals surface area contributed by atoms with E-state index in [4.69, 9.17) is 5.11 Å². The van der Waals surface area contributed by atoms with E-state index in [2.05, 4.69) is 15.1 Å². The number of aryl methyl sites for hydroxylation is 1. The fourth-order valence-electron chi connectivity index (χ4n) is 1.67. The number of rotatable bonds is 4. The summed E-state index contributed by atoms with van der Waals surface area (Å²) in [6.07, 6.45) is 6.03. The molecule has 92 valence electrons. The van der Waals surface area contributed by atoms with Gasteiger partial charge >= 0.3 is 5.97 Å². The van der Waals surface area contributed by atoms with Gasteiger partial charge in [-0.3, -0.25) is 4.79 Å². The van der Waals surface area contributed by atoms with Crippen LogP contribution in [0.1, 0.15) is 12.1 Å². The summed E-state index contributed by atoms with van der Waals surface area (Å²) in [7, 11) is 0. The Kier molecular flexibility index (Phi) is 2.60. The molecule has 2 N–H and O–H groups in total. The van der Waals surface area contributed by atoms with Gasteiger partial charge in [0.15, 0.2) is 0 Å². The van der Waals surface area contributed by atoms with Gasteiger partial charge in [0.25, 0.3) is 0 Å². The van der Waals surface area contributed by atoms with Gasteiger partial charge in [-0.1, -0.05) is 11.3 Å². The van der Waals surface area contributed by atoms with Crippen LogP contribution in [-0.4, -0.2) is 30.7 Å². The minimum atomic E-state index is -0.813. The number of carbonyl (C=O) groups is 1. The van der Waals surface area contributed by atoms with Gasteiger partial charge in [0, 0.05) is 24.4 Å². The number of nitrogens with one attached hydrogen (secondary N) is 1. The number of aliphatic carboxylic acids is 1. The third kappa shape index (κ3) is 2.00. The van der Waals surface area contributed by atoms with Crippen LogP contribution in [0.25, 0.3) is 15.5 Å². The molecular weight excluding hydrogens is 252 g/mol. The number of aromatic amines is 1. The van der Waals surface area contributed by atoms with Crippen molar-refractivity contribution in [2.45, 2.75) is 12.8 Å². The Balaban J connectivity index is 1.87. The van der Waals surface area contributed by atoms with Gasteiger partial charge < -0.3 is 10.1 Å². The Hall–Kier alpha value is -2.15. The summed E-state index contributed by atoms with van der Waals surface area (Å²) < 4.78 is 1.70. The summed E-state index contributed by atoms with van der Waals surface area (Å²) in [4.78, 5) is 18.6. The number of hydrogen-bond acceptors (Lipinski definition) is 4. The van der Waals surface area contributed by atoms with E-state index in [1.165, 1.54) is 11.3 Å². The van der Waals surface area contributed by atoms with E-state index >= 15 is 0 Å². The van der Waals surface area contributed by atoms with Gasteiger partial charge in [0.2, 0.25) is 4.96 Å². The zero-order valence-electron chi connectivity index (χ0n) is 9.33. The number of fused-ring (bicyclic) bond motifs is 1. The Morgan fingerprint density at radius 2 is 2.44 bits per heavy atom. The predicted molar refractivity (Wildman–Crippen MR) is 66.6 cm³/mol. The highest BCUT2D eigenvalue weighted by atomic mass is 32.1. The van der Waals surface area contributed by atoms with Crippen LogP contribution in [0.4, 0.5) is 0 Å². The zero-order valence-corrected chi connectivity index (χ0v) is 10.1. The lowest BCUT2D eigenvalue weighted by Crippen LogP contribution is -1.97. The van der Waals surface area contributed by atoms with Crippen molar-refractivity contribution in [2.24, 2.45) is 0 Å². The van der Waals surface area contributed by atoms with Crippen LogP contribution in [0.5, 0.6) is 0 Å². The van der Waals surface area contributed by atoms with Crippen LogP contribution in [0.3, 0.4) is 0 Å². The number of carboxylic acid groups (broad SMARTS) is 1. The average Bonchev–Trinajstić information content (AvgIpc) is 3.00. The van der Waals surface area contributed by atoms with Crippen molar-refractivity contribution in [1.82, 2.24) is 19.6 Å². The average molecular weight is 262 g/mol. The zero-order chi connectivity index (χ0) is 12.5. The monoisotopic (exact) mass is 262 g/mol. The lowest BCUT2D eigenvalue weighted by molar-refractivity contribution is -0.136. The van der Waals surface area contributed by atoms with Crippen molar-refractivity contribution in [2.75, 3.05) is 0 Å². The SMILES string of the molecule is O=C(O)CCc1cn2nc(-c3cc[nH]c3)sc2n1. The van der Waals surface area contributed by atoms with E-state index < -0.39 is 5.97 Å². The largest absolute Gasteiger partial charge is 0.481 e. The molecule has 18 heavy (non-hydrogen) atoms. The third-order valence-corrected chi connectivity index (χ3v) is 3.50. The van der Waals surface area contributed by atoms with Gasteiger partial charge in [-0.2, -0.15) is 5.10 Å². The Morgan fingerprint density at radius 3 is 3.11 bits per heavy atom. The molecule has 0 fully saturated rings. The number of carboxylic acids is 1. The normalized spacial score (nSPS) is 11.1. The summed E-state index contributed by atoms with van der Waals surface area (Å²) in [5.41, 5.74) is 1.79. The fourth-order valence-corrected chi connectivity index (χ4v) is 2.57. The second-order valence-corrected chi connectivity index (χ2v) is 4.82. The molecule has 0 atom stereocenters. The molecule has 0 aliphatic heterocycles. The fraction of sp³-hybridized carbons (Fsp3) is 0.182. The van der Waals surface area contributed by atoms with Gasteiger partial charge in [0.1, 0.15) is 5.01 Å². The molecule has 0 aliphatic carbocycles. The molecular formula is C11H10N4O2S. The lowest BCUT2D eigenvalue weighted by Gasteiger charge is -1.90. The number of hydrogen-bond donors (Lipinski definition) is 2. The van der Waals surface area contributed by atoms with E-state index in [0.29, 0.717) is 6.42 Å². The molecule has 3 aromatic rings. The molecule has 0 saturated heterocycles. The van der Waals surface area contributed by atoms with Crippen LogP contribution >= 0.6 is 11.3 Å². The Bertz CT molecular complexity index is 652. The first-order valence-corrected chi connectivity index (χ1v) is 6.24. The van der Waals surface area contributed by atoms with E-state index in [0.717, 1.165) is 21.2 Å². The molecule has 3 rings (SSSR count). The Labute approximate surface area is 106 Å². The quantitative estimate of drug-likeness (QED) is 0.751. The summed E-state index contributed by atoms with van der Waals surface area (Å²) in [5, 5.41) is 13.9. The molecule has 6 nitrogen and oxygen atoms in total. The number of H-pyrrole nitrogens is 1. The van der Waals surface area contributed by atoms with Crippen LogP contribution in [0, 0.1) is 0 Å². The Morgan fingerprint density at radius 1 is 1.56 bits per heavy atom. The number of nitrogens with zero attached hydrogens (tertiary/aromatic N) is 3. The lowest BCUT2D eigenvalue weighted by atomic mass is 10.2. The van der Waals surface area contributed by atoms with Gasteiger partial charge in [-0.15, -0.1) is 0 Å². The first-order valence-electron chi connectivity index (χ1n) is 5.42. The highest BCUT2D eigenvalue weighted by molar-refractivity contribution is 7.19. The highest BCUT2D eigenvalue weighted by Crippen LogP contribution is 2.25. The second kappa shape index (κ2) is 4.26. The maximum atomic E-state index is 10.5. The van der Waals surface area contributed by atoms with E-state index in [1.807, 2.05) is 18.5 Å². The standard InChI is InChI=1S/C11H10N4O2S/c16-9(17)2-1-8-6-15-11(13-8)18-10(14-15)7-3-4-12-5-7/h3-6,12H,1-2H2,(H,16,17). The van der Waals surface area contributed by atoms with E-state index in [9.17, 15) is 4.79 Å².